The normalized spacial score (nSPS) is 19.7. The highest BCUT2D eigenvalue weighted by Gasteiger charge is 2.32. The van der Waals surface area contributed by atoms with E-state index in [1.807, 2.05) is 35.2 Å². The SMILES string of the molecule is CC1(C)CCC(c2cn(Cc3ccccc3)nn2)=CC1N=[N+]=[N-]. The van der Waals surface area contributed by atoms with E-state index in [-0.39, 0.29) is 11.5 Å². The van der Waals surface area contributed by atoms with Crippen LogP contribution in [0.2, 0.25) is 0 Å². The van der Waals surface area contributed by atoms with Gasteiger partial charge in [0.15, 0.2) is 0 Å². The fourth-order valence-corrected chi connectivity index (χ4v) is 2.86. The van der Waals surface area contributed by atoms with Gasteiger partial charge in [-0.3, -0.25) is 0 Å². The fourth-order valence-electron chi connectivity index (χ4n) is 2.86. The maximum Gasteiger partial charge on any atom is 0.108 e. The van der Waals surface area contributed by atoms with Crippen molar-refractivity contribution in [2.75, 3.05) is 0 Å². The number of allylic oxidation sites excluding steroid dienone is 1. The minimum Gasteiger partial charge on any atom is -0.247 e. The topological polar surface area (TPSA) is 79.5 Å². The summed E-state index contributed by atoms with van der Waals surface area (Å²) >= 11 is 0. The van der Waals surface area contributed by atoms with Crippen molar-refractivity contribution >= 4 is 5.57 Å². The van der Waals surface area contributed by atoms with Crippen molar-refractivity contribution in [1.29, 1.82) is 0 Å². The molecule has 0 amide bonds. The molecule has 1 aliphatic rings. The summed E-state index contributed by atoms with van der Waals surface area (Å²) in [6.07, 6.45) is 5.90. The van der Waals surface area contributed by atoms with E-state index in [4.69, 9.17) is 5.53 Å². The molecule has 1 unspecified atom stereocenters. The maximum absolute atomic E-state index is 8.77. The van der Waals surface area contributed by atoms with Gasteiger partial charge in [0, 0.05) is 4.91 Å². The first kappa shape index (κ1) is 15.3. The third-order valence-corrected chi connectivity index (χ3v) is 4.43. The molecule has 6 nitrogen and oxygen atoms in total. The van der Waals surface area contributed by atoms with Crippen LogP contribution in [0.25, 0.3) is 16.0 Å². The van der Waals surface area contributed by atoms with Gasteiger partial charge in [-0.15, -0.1) is 5.10 Å². The first-order chi connectivity index (χ1) is 11.1. The zero-order chi connectivity index (χ0) is 16.3. The lowest BCUT2D eigenvalue weighted by atomic mass is 9.74. The average Bonchev–Trinajstić information content (AvgIpc) is 2.99. The van der Waals surface area contributed by atoms with E-state index in [0.29, 0.717) is 6.54 Å². The molecule has 6 heteroatoms. The Bertz CT molecular complexity index is 752. The largest absolute Gasteiger partial charge is 0.247 e. The third kappa shape index (κ3) is 3.43. The van der Waals surface area contributed by atoms with E-state index in [1.165, 1.54) is 5.56 Å². The molecule has 1 heterocycles. The quantitative estimate of drug-likeness (QED) is 0.482. The smallest absolute Gasteiger partial charge is 0.108 e. The number of rotatable bonds is 4. The second-order valence-corrected chi connectivity index (χ2v) is 6.62. The van der Waals surface area contributed by atoms with E-state index in [1.54, 1.807) is 0 Å². The highest BCUT2D eigenvalue weighted by molar-refractivity contribution is 5.63. The van der Waals surface area contributed by atoms with Gasteiger partial charge in [0.05, 0.1) is 18.8 Å². The molecule has 0 fully saturated rings. The number of azide groups is 1. The maximum atomic E-state index is 8.77. The minimum absolute atomic E-state index is 0.0181. The Labute approximate surface area is 135 Å². The van der Waals surface area contributed by atoms with Crippen LogP contribution < -0.4 is 0 Å². The summed E-state index contributed by atoms with van der Waals surface area (Å²) in [5.41, 5.74) is 11.9. The molecule has 2 aromatic rings. The molecular formula is C17H20N6. The standard InChI is InChI=1S/C17H20N6/c1-17(2)9-8-14(10-16(17)20-21-18)15-12-23(22-19-15)11-13-6-4-3-5-7-13/h3-7,10,12,16H,8-9,11H2,1-2H3. The molecule has 118 valence electrons. The highest BCUT2D eigenvalue weighted by Crippen LogP contribution is 2.39. The summed E-state index contributed by atoms with van der Waals surface area (Å²) < 4.78 is 1.84. The Hall–Kier alpha value is -2.59. The fraction of sp³-hybridized carbons (Fsp3) is 0.412. The second-order valence-electron chi connectivity index (χ2n) is 6.62. The zero-order valence-corrected chi connectivity index (χ0v) is 13.4. The Morgan fingerprint density at radius 2 is 2.13 bits per heavy atom. The van der Waals surface area contributed by atoms with Gasteiger partial charge < -0.3 is 0 Å². The number of aromatic nitrogens is 3. The Balaban J connectivity index is 1.81. The van der Waals surface area contributed by atoms with Crippen molar-refractivity contribution in [1.82, 2.24) is 15.0 Å². The van der Waals surface area contributed by atoms with Crippen molar-refractivity contribution < 1.29 is 0 Å². The Morgan fingerprint density at radius 3 is 2.87 bits per heavy atom. The van der Waals surface area contributed by atoms with E-state index < -0.39 is 0 Å². The average molecular weight is 308 g/mol. The molecule has 1 atom stereocenters. The summed E-state index contributed by atoms with van der Waals surface area (Å²) in [6.45, 7) is 4.96. The number of benzene rings is 1. The summed E-state index contributed by atoms with van der Waals surface area (Å²) in [6, 6.07) is 10.0. The van der Waals surface area contributed by atoms with Gasteiger partial charge in [-0.05, 0) is 34.9 Å². The first-order valence-electron chi connectivity index (χ1n) is 7.78. The molecule has 0 aliphatic heterocycles. The molecular weight excluding hydrogens is 288 g/mol. The monoisotopic (exact) mass is 308 g/mol. The first-order valence-corrected chi connectivity index (χ1v) is 7.78. The van der Waals surface area contributed by atoms with Crippen LogP contribution in [0.5, 0.6) is 0 Å². The highest BCUT2D eigenvalue weighted by atomic mass is 15.4. The third-order valence-electron chi connectivity index (χ3n) is 4.43. The van der Waals surface area contributed by atoms with Crippen LogP contribution >= 0.6 is 0 Å². The van der Waals surface area contributed by atoms with Gasteiger partial charge in [-0.2, -0.15) is 0 Å². The van der Waals surface area contributed by atoms with Crippen molar-refractivity contribution in [3.8, 4) is 0 Å². The van der Waals surface area contributed by atoms with E-state index in [2.05, 4.69) is 46.3 Å². The van der Waals surface area contributed by atoms with Crippen molar-refractivity contribution in [3.05, 3.63) is 64.3 Å². The van der Waals surface area contributed by atoms with Gasteiger partial charge in [-0.1, -0.05) is 60.6 Å². The van der Waals surface area contributed by atoms with Crippen LogP contribution in [0.3, 0.4) is 0 Å². The lowest BCUT2D eigenvalue weighted by Gasteiger charge is -2.34. The van der Waals surface area contributed by atoms with E-state index in [9.17, 15) is 0 Å². The van der Waals surface area contributed by atoms with Crippen LogP contribution in [0.15, 0.2) is 47.7 Å². The lowest BCUT2D eigenvalue weighted by molar-refractivity contribution is 0.292. The van der Waals surface area contributed by atoms with Gasteiger partial charge in [-0.25, -0.2) is 4.68 Å². The predicted octanol–water partition coefficient (Wildman–Crippen LogP) is 4.21. The predicted molar refractivity (Wildman–Crippen MR) is 89.5 cm³/mol. The summed E-state index contributed by atoms with van der Waals surface area (Å²) in [4.78, 5) is 2.98. The van der Waals surface area contributed by atoms with Gasteiger partial charge in [0.2, 0.25) is 0 Å². The Kier molecular flexibility index (Phi) is 4.17. The molecule has 0 N–H and O–H groups in total. The van der Waals surface area contributed by atoms with Gasteiger partial charge >= 0.3 is 0 Å². The van der Waals surface area contributed by atoms with E-state index in [0.717, 1.165) is 24.1 Å². The number of hydrogen-bond acceptors (Lipinski definition) is 3. The van der Waals surface area contributed by atoms with Gasteiger partial charge in [0.25, 0.3) is 0 Å². The minimum atomic E-state index is -0.143. The number of hydrogen-bond donors (Lipinski definition) is 0. The zero-order valence-electron chi connectivity index (χ0n) is 13.4. The molecule has 1 aliphatic carbocycles. The number of nitrogens with zero attached hydrogens (tertiary/aromatic N) is 6. The van der Waals surface area contributed by atoms with Crippen LogP contribution in [-0.2, 0) is 6.54 Å². The summed E-state index contributed by atoms with van der Waals surface area (Å²) in [5.74, 6) is 0. The van der Waals surface area contributed by atoms with Crippen LogP contribution in [-0.4, -0.2) is 21.0 Å². The van der Waals surface area contributed by atoms with E-state index >= 15 is 0 Å². The van der Waals surface area contributed by atoms with Crippen molar-refractivity contribution in [3.63, 3.8) is 0 Å². The molecule has 0 radical (unpaired) electrons. The van der Waals surface area contributed by atoms with Crippen molar-refractivity contribution in [2.45, 2.75) is 39.3 Å². The van der Waals surface area contributed by atoms with Crippen LogP contribution in [0.1, 0.15) is 37.9 Å². The summed E-state index contributed by atoms with van der Waals surface area (Å²) in [7, 11) is 0. The molecule has 0 saturated heterocycles. The van der Waals surface area contributed by atoms with Crippen LogP contribution in [0, 0.1) is 5.41 Å². The Morgan fingerprint density at radius 1 is 1.35 bits per heavy atom. The van der Waals surface area contributed by atoms with Crippen LogP contribution in [0.4, 0.5) is 0 Å². The molecule has 0 spiro atoms. The second kappa shape index (κ2) is 6.26. The molecule has 1 aromatic carbocycles. The molecule has 3 rings (SSSR count). The van der Waals surface area contributed by atoms with Gasteiger partial charge in [0.1, 0.15) is 5.69 Å². The molecule has 23 heavy (non-hydrogen) atoms. The van der Waals surface area contributed by atoms with Crippen molar-refractivity contribution in [2.24, 2.45) is 10.5 Å². The molecule has 1 aromatic heterocycles. The lowest BCUT2D eigenvalue weighted by Crippen LogP contribution is -2.29. The summed E-state index contributed by atoms with van der Waals surface area (Å²) in [5, 5.41) is 12.4. The molecule has 0 bridgehead atoms. The molecule has 0 saturated carbocycles.